The zero-order valence-electron chi connectivity index (χ0n) is 7.56. The van der Waals surface area contributed by atoms with Gasteiger partial charge >= 0.3 is 0 Å². The maximum atomic E-state index is 2.40. The maximum absolute atomic E-state index is 2.40. The third kappa shape index (κ3) is 2.00. The van der Waals surface area contributed by atoms with Crippen molar-refractivity contribution in [1.82, 2.24) is 0 Å². The standard InChI is InChI=1S/C10H20/c1-8(2)4-6-10-7-5-9(10)3/h8-10H,4-7H2,1-3H3. The van der Waals surface area contributed by atoms with E-state index >= 15 is 0 Å². The first-order valence-electron chi connectivity index (χ1n) is 4.70. The van der Waals surface area contributed by atoms with Crippen molar-refractivity contribution in [2.24, 2.45) is 17.8 Å². The van der Waals surface area contributed by atoms with Crippen LogP contribution in [0.5, 0.6) is 0 Å². The summed E-state index contributed by atoms with van der Waals surface area (Å²) >= 11 is 0. The molecule has 1 fully saturated rings. The highest BCUT2D eigenvalue weighted by atomic mass is 14.3. The first-order chi connectivity index (χ1) is 4.70. The summed E-state index contributed by atoms with van der Waals surface area (Å²) in [5.74, 6) is 3.04. The van der Waals surface area contributed by atoms with Crippen LogP contribution in [0.1, 0.15) is 46.5 Å². The Morgan fingerprint density at radius 2 is 2.00 bits per heavy atom. The first-order valence-corrected chi connectivity index (χ1v) is 4.70. The molecule has 0 saturated heterocycles. The van der Waals surface area contributed by atoms with E-state index in [1.54, 1.807) is 0 Å². The number of hydrogen-bond donors (Lipinski definition) is 0. The van der Waals surface area contributed by atoms with Crippen molar-refractivity contribution in [2.45, 2.75) is 46.5 Å². The van der Waals surface area contributed by atoms with Crippen LogP contribution in [0.3, 0.4) is 0 Å². The molecule has 0 heteroatoms. The second kappa shape index (κ2) is 3.41. The van der Waals surface area contributed by atoms with Gasteiger partial charge in [0.2, 0.25) is 0 Å². The van der Waals surface area contributed by atoms with Gasteiger partial charge in [0.25, 0.3) is 0 Å². The highest BCUT2D eigenvalue weighted by Crippen LogP contribution is 2.37. The average molecular weight is 140 g/mol. The lowest BCUT2D eigenvalue weighted by Gasteiger charge is -2.34. The van der Waals surface area contributed by atoms with Crippen LogP contribution in [0.15, 0.2) is 0 Å². The van der Waals surface area contributed by atoms with E-state index < -0.39 is 0 Å². The second-order valence-electron chi connectivity index (χ2n) is 4.29. The van der Waals surface area contributed by atoms with Crippen molar-refractivity contribution >= 4 is 0 Å². The maximum Gasteiger partial charge on any atom is -0.0388 e. The first kappa shape index (κ1) is 8.10. The van der Waals surface area contributed by atoms with Crippen molar-refractivity contribution in [3.8, 4) is 0 Å². The monoisotopic (exact) mass is 140 g/mol. The van der Waals surface area contributed by atoms with Gasteiger partial charge in [0.05, 0.1) is 0 Å². The van der Waals surface area contributed by atoms with Gasteiger partial charge < -0.3 is 0 Å². The van der Waals surface area contributed by atoms with Crippen LogP contribution in [0.2, 0.25) is 0 Å². The second-order valence-corrected chi connectivity index (χ2v) is 4.29. The molecule has 0 radical (unpaired) electrons. The summed E-state index contributed by atoms with van der Waals surface area (Å²) in [6, 6.07) is 0. The van der Waals surface area contributed by atoms with Gasteiger partial charge in [0.15, 0.2) is 0 Å². The third-order valence-electron chi connectivity index (χ3n) is 2.91. The van der Waals surface area contributed by atoms with E-state index in [1.165, 1.54) is 25.7 Å². The molecule has 0 aromatic heterocycles. The van der Waals surface area contributed by atoms with Crippen LogP contribution < -0.4 is 0 Å². The van der Waals surface area contributed by atoms with Crippen molar-refractivity contribution in [2.75, 3.05) is 0 Å². The van der Waals surface area contributed by atoms with Gasteiger partial charge in [0, 0.05) is 0 Å². The number of rotatable bonds is 3. The Hall–Kier alpha value is 0. The fraction of sp³-hybridized carbons (Fsp3) is 1.00. The molecule has 0 heterocycles. The molecule has 1 rings (SSSR count). The van der Waals surface area contributed by atoms with Crippen molar-refractivity contribution in [3.63, 3.8) is 0 Å². The smallest absolute Gasteiger partial charge is 0.0388 e. The molecule has 0 aromatic carbocycles. The SMILES string of the molecule is CC(C)CCC1CCC1C. The normalized spacial score (nSPS) is 32.4. The molecule has 2 atom stereocenters. The van der Waals surface area contributed by atoms with E-state index in [1.807, 2.05) is 0 Å². The van der Waals surface area contributed by atoms with E-state index in [4.69, 9.17) is 0 Å². The van der Waals surface area contributed by atoms with Crippen molar-refractivity contribution in [3.05, 3.63) is 0 Å². The fourth-order valence-electron chi connectivity index (χ4n) is 1.71. The summed E-state index contributed by atoms with van der Waals surface area (Å²) in [4.78, 5) is 0. The lowest BCUT2D eigenvalue weighted by molar-refractivity contribution is 0.174. The van der Waals surface area contributed by atoms with Gasteiger partial charge in [-0.3, -0.25) is 0 Å². The molecule has 0 nitrogen and oxygen atoms in total. The zero-order chi connectivity index (χ0) is 7.56. The van der Waals surface area contributed by atoms with E-state index in [2.05, 4.69) is 20.8 Å². The Balaban J connectivity index is 2.03. The summed E-state index contributed by atoms with van der Waals surface area (Å²) < 4.78 is 0. The van der Waals surface area contributed by atoms with Crippen LogP contribution in [0.25, 0.3) is 0 Å². The molecule has 60 valence electrons. The largest absolute Gasteiger partial charge is 0.0628 e. The Morgan fingerprint density at radius 1 is 1.30 bits per heavy atom. The highest BCUT2D eigenvalue weighted by Gasteiger charge is 2.25. The molecule has 1 saturated carbocycles. The van der Waals surface area contributed by atoms with Crippen LogP contribution in [-0.2, 0) is 0 Å². The summed E-state index contributed by atoms with van der Waals surface area (Å²) in [6.45, 7) is 7.04. The van der Waals surface area contributed by atoms with Gasteiger partial charge in [-0.25, -0.2) is 0 Å². The van der Waals surface area contributed by atoms with Gasteiger partial charge in [0.1, 0.15) is 0 Å². The predicted octanol–water partition coefficient (Wildman–Crippen LogP) is 3.47. The lowest BCUT2D eigenvalue weighted by atomic mass is 9.72. The summed E-state index contributed by atoms with van der Waals surface area (Å²) in [5.41, 5.74) is 0. The molecular formula is C10H20. The van der Waals surface area contributed by atoms with Gasteiger partial charge in [-0.05, 0) is 30.6 Å². The molecule has 0 amide bonds. The Labute approximate surface area is 65.0 Å². The summed E-state index contributed by atoms with van der Waals surface area (Å²) in [5, 5.41) is 0. The molecule has 1 aliphatic rings. The zero-order valence-corrected chi connectivity index (χ0v) is 7.56. The van der Waals surface area contributed by atoms with Crippen LogP contribution in [0.4, 0.5) is 0 Å². The third-order valence-corrected chi connectivity index (χ3v) is 2.91. The van der Waals surface area contributed by atoms with Crippen molar-refractivity contribution in [1.29, 1.82) is 0 Å². The minimum atomic E-state index is 0.910. The van der Waals surface area contributed by atoms with Gasteiger partial charge in [-0.2, -0.15) is 0 Å². The minimum absolute atomic E-state index is 0.910. The Kier molecular flexibility index (Phi) is 2.76. The van der Waals surface area contributed by atoms with Crippen LogP contribution >= 0.6 is 0 Å². The molecule has 2 unspecified atom stereocenters. The molecule has 10 heavy (non-hydrogen) atoms. The quantitative estimate of drug-likeness (QED) is 0.563. The molecule has 0 N–H and O–H groups in total. The Bertz CT molecular complexity index is 94.2. The average Bonchev–Trinajstić information content (AvgIpc) is 1.84. The lowest BCUT2D eigenvalue weighted by Crippen LogP contribution is -2.23. The minimum Gasteiger partial charge on any atom is -0.0628 e. The highest BCUT2D eigenvalue weighted by molar-refractivity contribution is 4.77. The molecule has 0 bridgehead atoms. The van der Waals surface area contributed by atoms with Crippen LogP contribution in [-0.4, -0.2) is 0 Å². The van der Waals surface area contributed by atoms with Gasteiger partial charge in [-0.15, -0.1) is 0 Å². The van der Waals surface area contributed by atoms with Crippen LogP contribution in [0, 0.1) is 17.8 Å². The van der Waals surface area contributed by atoms with E-state index in [0.29, 0.717) is 0 Å². The van der Waals surface area contributed by atoms with E-state index in [9.17, 15) is 0 Å². The topological polar surface area (TPSA) is 0 Å². The van der Waals surface area contributed by atoms with E-state index in [-0.39, 0.29) is 0 Å². The number of hydrogen-bond acceptors (Lipinski definition) is 0. The molecule has 0 spiro atoms. The molecule has 0 aromatic rings. The Morgan fingerprint density at radius 3 is 2.30 bits per heavy atom. The molecule has 0 aliphatic heterocycles. The fourth-order valence-corrected chi connectivity index (χ4v) is 1.71. The van der Waals surface area contributed by atoms with E-state index in [0.717, 1.165) is 17.8 Å². The molecular weight excluding hydrogens is 120 g/mol. The summed E-state index contributed by atoms with van der Waals surface area (Å²) in [7, 11) is 0. The van der Waals surface area contributed by atoms with Crippen molar-refractivity contribution < 1.29 is 0 Å². The predicted molar refractivity (Wildman–Crippen MR) is 46.0 cm³/mol. The molecule has 1 aliphatic carbocycles. The van der Waals surface area contributed by atoms with Gasteiger partial charge in [-0.1, -0.05) is 33.6 Å². The summed E-state index contributed by atoms with van der Waals surface area (Å²) in [6.07, 6.45) is 5.92.